The second-order valence-electron chi connectivity index (χ2n) is 7.96. The fraction of sp³-hybridized carbons (Fsp3) is 0.250. The first kappa shape index (κ1) is 22.0. The Balaban J connectivity index is 1.53. The SMILES string of the molecule is N#Cc1cccc(-c2cc(/C(=C/NCc3cccc(C4(O)CCCC4)n3)N=N)nc(N)n2)c1. The van der Waals surface area contributed by atoms with Gasteiger partial charge >= 0.3 is 0 Å². The molecule has 9 heteroatoms. The van der Waals surface area contributed by atoms with E-state index in [1.807, 2.05) is 24.3 Å². The van der Waals surface area contributed by atoms with E-state index in [2.05, 4.69) is 31.5 Å². The number of aromatic nitrogens is 3. The lowest BCUT2D eigenvalue weighted by molar-refractivity contribution is 0.0397. The zero-order valence-electron chi connectivity index (χ0n) is 18.0. The first-order valence-corrected chi connectivity index (χ1v) is 10.7. The van der Waals surface area contributed by atoms with Gasteiger partial charge in [-0.1, -0.05) is 31.0 Å². The number of hydrogen-bond acceptors (Lipinski definition) is 9. The standard InChI is InChI=1S/C24H24N8O/c25-13-16-5-3-6-17(11-16)19-12-20(31-23(26)30-19)21(32-27)15-28-14-18-7-4-8-22(29-18)24(33)9-1-2-10-24/h3-8,11-12,15,27-28,33H,1-2,9-10,14H2,(H2,26,30,31)/b21-15-,32-27?. The molecule has 0 amide bonds. The molecule has 3 aromatic rings. The van der Waals surface area contributed by atoms with E-state index in [9.17, 15) is 5.11 Å². The highest BCUT2D eigenvalue weighted by atomic mass is 16.3. The van der Waals surface area contributed by atoms with Gasteiger partial charge in [0.25, 0.3) is 0 Å². The summed E-state index contributed by atoms with van der Waals surface area (Å²) in [6, 6.07) is 16.4. The van der Waals surface area contributed by atoms with Gasteiger partial charge in [0.2, 0.25) is 5.95 Å². The predicted molar refractivity (Wildman–Crippen MR) is 123 cm³/mol. The minimum absolute atomic E-state index is 0.0404. The lowest BCUT2D eigenvalue weighted by Gasteiger charge is -2.21. The second kappa shape index (κ2) is 9.54. The Labute approximate surface area is 191 Å². The summed E-state index contributed by atoms with van der Waals surface area (Å²) < 4.78 is 0. The summed E-state index contributed by atoms with van der Waals surface area (Å²) in [5, 5.41) is 26.6. The van der Waals surface area contributed by atoms with Gasteiger partial charge in [-0.3, -0.25) is 4.98 Å². The van der Waals surface area contributed by atoms with Gasteiger partial charge in [0, 0.05) is 11.8 Å². The number of nitrogens with zero attached hydrogens (tertiary/aromatic N) is 5. The molecule has 0 radical (unpaired) electrons. The van der Waals surface area contributed by atoms with Crippen molar-refractivity contribution in [1.82, 2.24) is 20.3 Å². The summed E-state index contributed by atoms with van der Waals surface area (Å²) in [5.74, 6) is 0.0404. The zero-order chi connectivity index (χ0) is 23.3. The Kier molecular flexibility index (Phi) is 6.38. The maximum absolute atomic E-state index is 10.8. The minimum Gasteiger partial charge on any atom is -0.384 e. The molecule has 1 aromatic carbocycles. The van der Waals surface area contributed by atoms with Crippen LogP contribution in [0.1, 0.15) is 48.3 Å². The number of nitrogens with two attached hydrogens (primary N) is 1. The summed E-state index contributed by atoms with van der Waals surface area (Å²) in [6.07, 6.45) is 5.04. The molecule has 0 bridgehead atoms. The molecule has 4 rings (SSSR count). The molecular formula is C24H24N8O. The van der Waals surface area contributed by atoms with E-state index in [4.69, 9.17) is 16.5 Å². The molecule has 9 nitrogen and oxygen atoms in total. The van der Waals surface area contributed by atoms with E-state index in [-0.39, 0.29) is 11.6 Å². The van der Waals surface area contributed by atoms with Crippen molar-refractivity contribution in [3.8, 4) is 17.3 Å². The average molecular weight is 441 g/mol. The number of nitrogen functional groups attached to an aromatic ring is 1. The van der Waals surface area contributed by atoms with Crippen molar-refractivity contribution < 1.29 is 5.11 Å². The van der Waals surface area contributed by atoms with Gasteiger partial charge < -0.3 is 16.2 Å². The van der Waals surface area contributed by atoms with Gasteiger partial charge in [0.1, 0.15) is 11.3 Å². The number of hydrogen-bond donors (Lipinski definition) is 4. The van der Waals surface area contributed by atoms with Crippen molar-refractivity contribution in [3.63, 3.8) is 0 Å². The van der Waals surface area contributed by atoms with E-state index in [0.29, 0.717) is 34.8 Å². The van der Waals surface area contributed by atoms with E-state index in [0.717, 1.165) is 31.4 Å². The lowest BCUT2D eigenvalue weighted by Crippen LogP contribution is -2.23. The van der Waals surface area contributed by atoms with Crippen LogP contribution in [-0.2, 0) is 12.1 Å². The molecule has 2 aromatic heterocycles. The van der Waals surface area contributed by atoms with Gasteiger partial charge in [-0.05, 0) is 43.2 Å². The topological polar surface area (TPSA) is 157 Å². The normalized spacial score (nSPS) is 15.1. The summed E-state index contributed by atoms with van der Waals surface area (Å²) in [7, 11) is 0. The van der Waals surface area contributed by atoms with E-state index >= 15 is 0 Å². The summed E-state index contributed by atoms with van der Waals surface area (Å²) in [6.45, 7) is 0.389. The highest BCUT2D eigenvalue weighted by Gasteiger charge is 2.34. The monoisotopic (exact) mass is 440 g/mol. The molecule has 0 saturated heterocycles. The number of pyridine rings is 1. The molecule has 0 aliphatic heterocycles. The van der Waals surface area contributed by atoms with Crippen LogP contribution in [0.2, 0.25) is 0 Å². The molecule has 0 unspecified atom stereocenters. The van der Waals surface area contributed by atoms with Gasteiger partial charge in [-0.15, -0.1) is 0 Å². The fourth-order valence-corrected chi connectivity index (χ4v) is 3.96. The van der Waals surface area contributed by atoms with Crippen LogP contribution in [-0.4, -0.2) is 20.1 Å². The zero-order valence-corrected chi connectivity index (χ0v) is 18.0. The van der Waals surface area contributed by atoms with Crippen LogP contribution in [0.15, 0.2) is 59.8 Å². The largest absolute Gasteiger partial charge is 0.384 e. The highest BCUT2D eigenvalue weighted by molar-refractivity contribution is 5.69. The van der Waals surface area contributed by atoms with Crippen LogP contribution in [0, 0.1) is 16.9 Å². The number of benzene rings is 1. The summed E-state index contributed by atoms with van der Waals surface area (Å²) in [5.41, 5.74) is 16.5. The molecule has 0 spiro atoms. The number of anilines is 1. The Hall–Kier alpha value is -4.16. The maximum atomic E-state index is 10.8. The second-order valence-corrected chi connectivity index (χ2v) is 7.96. The van der Waals surface area contributed by atoms with Crippen LogP contribution >= 0.6 is 0 Å². The van der Waals surface area contributed by atoms with Crippen molar-refractivity contribution in [1.29, 1.82) is 10.8 Å². The van der Waals surface area contributed by atoms with Crippen molar-refractivity contribution in [2.75, 3.05) is 5.73 Å². The lowest BCUT2D eigenvalue weighted by atomic mass is 9.97. The first-order valence-electron chi connectivity index (χ1n) is 10.7. The van der Waals surface area contributed by atoms with Crippen LogP contribution in [0.3, 0.4) is 0 Å². The smallest absolute Gasteiger partial charge is 0.221 e. The maximum Gasteiger partial charge on any atom is 0.221 e. The number of nitriles is 1. The molecular weight excluding hydrogens is 416 g/mol. The van der Waals surface area contributed by atoms with E-state index in [1.54, 1.807) is 30.5 Å². The molecule has 1 fully saturated rings. The minimum atomic E-state index is -0.842. The number of rotatable bonds is 7. The van der Waals surface area contributed by atoms with Gasteiger partial charge in [0.05, 0.1) is 41.0 Å². The van der Waals surface area contributed by atoms with E-state index < -0.39 is 5.60 Å². The van der Waals surface area contributed by atoms with Crippen molar-refractivity contribution in [2.45, 2.75) is 37.8 Å². The van der Waals surface area contributed by atoms with E-state index in [1.165, 1.54) is 0 Å². The number of nitrogens with one attached hydrogen (secondary N) is 2. The first-order chi connectivity index (χ1) is 16.0. The molecule has 1 aliphatic rings. The molecule has 166 valence electrons. The Morgan fingerprint density at radius 3 is 2.73 bits per heavy atom. The van der Waals surface area contributed by atoms with Crippen molar-refractivity contribution in [3.05, 3.63) is 77.4 Å². The molecule has 1 saturated carbocycles. The van der Waals surface area contributed by atoms with Crippen molar-refractivity contribution in [2.24, 2.45) is 5.11 Å². The average Bonchev–Trinajstić information content (AvgIpc) is 3.29. The Morgan fingerprint density at radius 1 is 1.18 bits per heavy atom. The summed E-state index contributed by atoms with van der Waals surface area (Å²) >= 11 is 0. The molecule has 1 aliphatic carbocycles. The van der Waals surface area contributed by atoms with Crippen LogP contribution in [0.4, 0.5) is 5.95 Å². The predicted octanol–water partition coefficient (Wildman–Crippen LogP) is 3.87. The third kappa shape index (κ3) is 5.02. The van der Waals surface area contributed by atoms with Crippen LogP contribution < -0.4 is 11.1 Å². The molecule has 0 atom stereocenters. The third-order valence-corrected chi connectivity index (χ3v) is 5.65. The van der Waals surface area contributed by atoms with Crippen LogP contribution in [0.5, 0.6) is 0 Å². The van der Waals surface area contributed by atoms with Crippen molar-refractivity contribution >= 4 is 11.6 Å². The molecule has 2 heterocycles. The fourth-order valence-electron chi connectivity index (χ4n) is 3.96. The third-order valence-electron chi connectivity index (χ3n) is 5.65. The number of aliphatic hydroxyl groups is 1. The van der Waals surface area contributed by atoms with Gasteiger partial charge in [-0.25, -0.2) is 15.5 Å². The van der Waals surface area contributed by atoms with Crippen LogP contribution in [0.25, 0.3) is 17.0 Å². The molecule has 5 N–H and O–H groups in total. The Morgan fingerprint density at radius 2 is 1.97 bits per heavy atom. The highest BCUT2D eigenvalue weighted by Crippen LogP contribution is 2.37. The van der Waals surface area contributed by atoms with Gasteiger partial charge in [-0.2, -0.15) is 10.4 Å². The molecule has 33 heavy (non-hydrogen) atoms. The van der Waals surface area contributed by atoms with Gasteiger partial charge in [0.15, 0.2) is 0 Å². The Bertz CT molecular complexity index is 1240. The quantitative estimate of drug-likeness (QED) is 0.406. The summed E-state index contributed by atoms with van der Waals surface area (Å²) in [4.78, 5) is 13.1.